The van der Waals surface area contributed by atoms with Gasteiger partial charge in [-0.25, -0.2) is 0 Å². The van der Waals surface area contributed by atoms with Crippen LogP contribution in [0.4, 0.5) is 5.69 Å². The minimum Gasteiger partial charge on any atom is -0.497 e. The van der Waals surface area contributed by atoms with Crippen molar-refractivity contribution in [3.8, 4) is 5.75 Å². The molecule has 2 amide bonds. The number of aliphatic hydroxyl groups excluding tert-OH is 1. The molecule has 9 heteroatoms. The van der Waals surface area contributed by atoms with Gasteiger partial charge in [0.1, 0.15) is 11.8 Å². The second-order valence-electron chi connectivity index (χ2n) is 12.0. The Bertz CT molecular complexity index is 1170. The zero-order valence-corrected chi connectivity index (χ0v) is 26.2. The molecule has 0 saturated carbocycles. The quantitative estimate of drug-likeness (QED) is 0.172. The van der Waals surface area contributed by atoms with Crippen LogP contribution >= 0.6 is 11.8 Å². The fourth-order valence-corrected chi connectivity index (χ4v) is 9.51. The minimum absolute atomic E-state index is 0.0497. The maximum absolute atomic E-state index is 14.8. The molecule has 1 aromatic rings. The molecule has 8 nitrogen and oxygen atoms in total. The highest BCUT2D eigenvalue weighted by atomic mass is 32.2. The molecule has 3 heterocycles. The van der Waals surface area contributed by atoms with E-state index in [-0.39, 0.29) is 36.9 Å². The second kappa shape index (κ2) is 13.2. The molecule has 3 fully saturated rings. The van der Waals surface area contributed by atoms with Crippen LogP contribution in [0.2, 0.25) is 0 Å². The molecule has 4 rings (SSSR count). The first-order valence-electron chi connectivity index (χ1n) is 15.1. The smallest absolute Gasteiger partial charge is 0.311 e. The van der Waals surface area contributed by atoms with Crippen molar-refractivity contribution in [2.24, 2.45) is 17.8 Å². The number of unbranched alkanes of at least 4 members (excludes halogenated alkanes) is 2. The van der Waals surface area contributed by atoms with Crippen molar-refractivity contribution in [2.45, 2.75) is 80.9 Å². The van der Waals surface area contributed by atoms with Gasteiger partial charge in [-0.3, -0.25) is 14.4 Å². The Labute approximate surface area is 254 Å². The van der Waals surface area contributed by atoms with E-state index in [1.807, 2.05) is 39.0 Å². The fourth-order valence-electron chi connectivity index (χ4n) is 7.19. The van der Waals surface area contributed by atoms with Crippen molar-refractivity contribution in [1.82, 2.24) is 4.90 Å². The van der Waals surface area contributed by atoms with Crippen molar-refractivity contribution in [1.29, 1.82) is 0 Å². The lowest BCUT2D eigenvalue weighted by molar-refractivity contribution is -0.156. The van der Waals surface area contributed by atoms with E-state index in [4.69, 9.17) is 9.47 Å². The van der Waals surface area contributed by atoms with Crippen molar-refractivity contribution in [3.63, 3.8) is 0 Å². The number of fused-ring (bicyclic) bond motifs is 1. The number of amides is 2. The van der Waals surface area contributed by atoms with Crippen LogP contribution in [0.25, 0.3) is 0 Å². The molecule has 3 aliphatic rings. The Balaban J connectivity index is 1.76. The molecule has 1 spiro atoms. The van der Waals surface area contributed by atoms with Crippen molar-refractivity contribution >= 4 is 35.2 Å². The SMILES string of the molecule is C=CCCCCOC(=O)[C@H]1[C@H]2C(=O)N([C@@H](CO)[C@@H](C)CC)C(C(=O)N(CC=C)c3ccc(OC)cc3)C23CC[C@]1(C)S3. The molecule has 2 unspecified atom stereocenters. The minimum atomic E-state index is -0.847. The fraction of sp³-hybridized carbons (Fsp3) is 0.606. The van der Waals surface area contributed by atoms with Gasteiger partial charge in [-0.1, -0.05) is 32.4 Å². The third-order valence-corrected chi connectivity index (χ3v) is 11.5. The highest BCUT2D eigenvalue weighted by molar-refractivity contribution is 8.02. The van der Waals surface area contributed by atoms with Gasteiger partial charge >= 0.3 is 5.97 Å². The molecule has 3 aliphatic heterocycles. The first kappa shape index (κ1) is 32.1. The molecule has 0 aromatic heterocycles. The summed E-state index contributed by atoms with van der Waals surface area (Å²) < 4.78 is 9.78. The number of hydrogen-bond acceptors (Lipinski definition) is 7. The van der Waals surface area contributed by atoms with Crippen LogP contribution in [0.5, 0.6) is 5.75 Å². The van der Waals surface area contributed by atoms with E-state index in [0.29, 0.717) is 30.9 Å². The Morgan fingerprint density at radius 1 is 1.21 bits per heavy atom. The van der Waals surface area contributed by atoms with Gasteiger partial charge in [-0.05, 0) is 69.2 Å². The predicted molar refractivity (Wildman–Crippen MR) is 166 cm³/mol. The first-order chi connectivity index (χ1) is 20.1. The first-order valence-corrected chi connectivity index (χ1v) is 15.9. The molecule has 1 aromatic carbocycles. The maximum Gasteiger partial charge on any atom is 0.311 e. The normalized spacial score (nSPS) is 29.1. The van der Waals surface area contributed by atoms with Crippen LogP contribution in [-0.4, -0.2) is 76.2 Å². The highest BCUT2D eigenvalue weighted by Gasteiger charge is 2.78. The monoisotopic (exact) mass is 598 g/mol. The van der Waals surface area contributed by atoms with Crippen molar-refractivity contribution in [2.75, 3.05) is 31.8 Å². The molecule has 1 N–H and O–H groups in total. The Morgan fingerprint density at radius 3 is 2.52 bits per heavy atom. The van der Waals surface area contributed by atoms with Crippen molar-refractivity contribution in [3.05, 3.63) is 49.6 Å². The average Bonchev–Trinajstić information content (AvgIpc) is 3.56. The van der Waals surface area contributed by atoms with E-state index in [2.05, 4.69) is 13.2 Å². The number of benzene rings is 1. The van der Waals surface area contributed by atoms with Gasteiger partial charge in [0.2, 0.25) is 5.91 Å². The molecular weight excluding hydrogens is 552 g/mol. The molecule has 230 valence electrons. The highest BCUT2D eigenvalue weighted by Crippen LogP contribution is 2.72. The number of rotatable bonds is 15. The van der Waals surface area contributed by atoms with Gasteiger partial charge in [0, 0.05) is 17.0 Å². The van der Waals surface area contributed by atoms with Gasteiger partial charge in [-0.15, -0.1) is 24.9 Å². The summed E-state index contributed by atoms with van der Waals surface area (Å²) in [4.78, 5) is 46.3. The number of likely N-dealkylation sites (tertiary alicyclic amines) is 1. The molecule has 7 atom stereocenters. The largest absolute Gasteiger partial charge is 0.497 e. The summed E-state index contributed by atoms with van der Waals surface area (Å²) in [7, 11) is 1.59. The number of esters is 1. The molecule has 3 saturated heterocycles. The summed E-state index contributed by atoms with van der Waals surface area (Å²) in [6.45, 7) is 13.9. The molecule has 0 radical (unpaired) electrons. The number of carbonyl (C=O) groups is 3. The third-order valence-electron chi connectivity index (χ3n) is 9.56. The van der Waals surface area contributed by atoms with Crippen LogP contribution in [0, 0.1) is 17.8 Å². The Kier molecular flexibility index (Phi) is 10.1. The third kappa shape index (κ3) is 5.50. The predicted octanol–water partition coefficient (Wildman–Crippen LogP) is 5.00. The van der Waals surface area contributed by atoms with E-state index in [1.54, 1.807) is 46.9 Å². The summed E-state index contributed by atoms with van der Waals surface area (Å²) >= 11 is 1.61. The van der Waals surface area contributed by atoms with Crippen molar-refractivity contribution < 1.29 is 29.0 Å². The molecule has 0 aliphatic carbocycles. The van der Waals surface area contributed by atoms with Crippen LogP contribution < -0.4 is 9.64 Å². The van der Waals surface area contributed by atoms with E-state index < -0.39 is 33.4 Å². The number of carbonyl (C=O) groups excluding carboxylic acids is 3. The summed E-state index contributed by atoms with van der Waals surface area (Å²) in [5.74, 6) is -1.56. The zero-order chi connectivity index (χ0) is 30.7. The number of anilines is 1. The number of allylic oxidation sites excluding steroid dienone is 1. The summed E-state index contributed by atoms with van der Waals surface area (Å²) in [6.07, 6.45) is 8.03. The van der Waals surface area contributed by atoms with E-state index in [1.165, 1.54) is 0 Å². The van der Waals surface area contributed by atoms with Gasteiger partial charge in [0.15, 0.2) is 0 Å². The Hall–Kier alpha value is -2.78. The van der Waals surface area contributed by atoms with E-state index in [9.17, 15) is 19.5 Å². The maximum atomic E-state index is 14.8. The lowest BCUT2D eigenvalue weighted by Gasteiger charge is -2.41. The van der Waals surface area contributed by atoms with Crippen LogP contribution in [0.3, 0.4) is 0 Å². The number of nitrogens with zero attached hydrogens (tertiary/aromatic N) is 2. The number of methoxy groups -OCH3 is 1. The molecule has 2 bridgehead atoms. The number of aliphatic hydroxyl groups is 1. The molecular formula is C33H46N2O6S. The van der Waals surface area contributed by atoms with E-state index >= 15 is 0 Å². The van der Waals surface area contributed by atoms with Gasteiger partial charge in [0.05, 0.1) is 42.9 Å². The Morgan fingerprint density at radius 2 is 1.93 bits per heavy atom. The van der Waals surface area contributed by atoms with Crippen LogP contribution in [-0.2, 0) is 19.1 Å². The topological polar surface area (TPSA) is 96.4 Å². The lowest BCUT2D eigenvalue weighted by Crippen LogP contribution is -2.58. The lowest BCUT2D eigenvalue weighted by atomic mass is 9.66. The average molecular weight is 599 g/mol. The number of ether oxygens (including phenoxy) is 2. The zero-order valence-electron chi connectivity index (χ0n) is 25.4. The molecule has 42 heavy (non-hydrogen) atoms. The van der Waals surface area contributed by atoms with Gasteiger partial charge < -0.3 is 24.4 Å². The number of hydrogen-bond donors (Lipinski definition) is 1. The number of thioether (sulfide) groups is 1. The second-order valence-corrected chi connectivity index (χ2v) is 13.9. The summed E-state index contributed by atoms with van der Waals surface area (Å²) in [5.41, 5.74) is 0.663. The summed E-state index contributed by atoms with van der Waals surface area (Å²) in [6, 6.07) is 5.83. The summed E-state index contributed by atoms with van der Waals surface area (Å²) in [5, 5.41) is 10.6. The van der Waals surface area contributed by atoms with Gasteiger partial charge in [0.25, 0.3) is 5.91 Å². The van der Waals surface area contributed by atoms with E-state index in [0.717, 1.165) is 25.7 Å². The van der Waals surface area contributed by atoms with Crippen LogP contribution in [0.15, 0.2) is 49.6 Å². The standard InChI is InChI=1S/C33H46N2O6S/c1-7-10-11-12-20-41-31(39)27-26-29(37)35(25(21-36)22(4)9-3)28(33(26)18-17-32(27,5)42-33)30(38)34(19-8-2)23-13-15-24(40-6)16-14-23/h7-8,13-16,22,25-28,36H,1-2,9-12,17-21H2,3-6H3/t22-,25-,26-,27+,28?,32-,33?/m0/s1. The van der Waals surface area contributed by atoms with Crippen LogP contribution in [0.1, 0.15) is 59.3 Å². The van der Waals surface area contributed by atoms with Gasteiger partial charge in [-0.2, -0.15) is 0 Å².